The Morgan fingerprint density at radius 3 is 2.71 bits per heavy atom. The Bertz CT molecular complexity index is 513. The van der Waals surface area contributed by atoms with Crippen molar-refractivity contribution in [3.8, 4) is 0 Å². The summed E-state index contributed by atoms with van der Waals surface area (Å²) in [6.45, 7) is 2.33. The van der Waals surface area contributed by atoms with E-state index in [2.05, 4.69) is 4.74 Å². The summed E-state index contributed by atoms with van der Waals surface area (Å²) in [7, 11) is 1.39. The Morgan fingerprint density at radius 1 is 1.21 bits per heavy atom. The summed E-state index contributed by atoms with van der Waals surface area (Å²) in [4.78, 5) is 22.4. The normalized spacial score (nSPS) is 30.5. The molecule has 1 aliphatic heterocycles. The van der Waals surface area contributed by atoms with Crippen molar-refractivity contribution < 1.29 is 33.6 Å². The predicted octanol–water partition coefficient (Wildman–Crippen LogP) is 2.75. The Labute approximate surface area is 167 Å². The molecule has 5 atom stereocenters. The van der Waals surface area contributed by atoms with Crippen molar-refractivity contribution in [2.24, 2.45) is 11.8 Å². The van der Waals surface area contributed by atoms with Crippen molar-refractivity contribution in [1.82, 2.24) is 0 Å². The van der Waals surface area contributed by atoms with E-state index in [0.717, 1.165) is 32.1 Å². The maximum Gasteiger partial charge on any atom is 0.305 e. The van der Waals surface area contributed by atoms with Crippen molar-refractivity contribution in [2.45, 2.75) is 76.8 Å². The highest BCUT2D eigenvalue weighted by atomic mass is 16.7. The summed E-state index contributed by atoms with van der Waals surface area (Å²) in [6, 6.07) is 0. The summed E-state index contributed by atoms with van der Waals surface area (Å²) in [5.41, 5.74) is 0. The molecule has 1 unspecified atom stereocenters. The molecule has 7 nitrogen and oxygen atoms in total. The lowest BCUT2D eigenvalue weighted by molar-refractivity contribution is -0.199. The second-order valence-corrected chi connectivity index (χ2v) is 7.58. The van der Waals surface area contributed by atoms with E-state index in [4.69, 9.17) is 14.2 Å². The second-order valence-electron chi connectivity index (χ2n) is 7.58. The molecule has 0 amide bonds. The van der Waals surface area contributed by atoms with Gasteiger partial charge in [0, 0.05) is 32.3 Å². The van der Waals surface area contributed by atoms with Crippen molar-refractivity contribution in [3.63, 3.8) is 0 Å². The van der Waals surface area contributed by atoms with Gasteiger partial charge < -0.3 is 24.1 Å². The Hall–Kier alpha value is -1.44. The molecule has 0 aromatic rings. The third kappa shape index (κ3) is 7.53. The Morgan fingerprint density at radius 2 is 2.04 bits per heavy atom. The van der Waals surface area contributed by atoms with Gasteiger partial charge in [0.2, 0.25) is 0 Å². The first kappa shape index (κ1) is 22.8. The standard InChI is InChI=1S/C21H34O7/c1-15(22)27-14-17-16(9-5-3-4-6-10-20(24)25-2)18(23)13-19(17)28-21-11-7-8-12-26-21/h3,5,16-19,21,23H,4,6-14H2,1-2H3/b5-3-/t16-,17-,18+,19-,21?/m0/s1. The van der Waals surface area contributed by atoms with Crippen LogP contribution in [0.5, 0.6) is 0 Å². The highest BCUT2D eigenvalue weighted by Crippen LogP contribution is 2.38. The van der Waals surface area contributed by atoms with E-state index in [9.17, 15) is 14.7 Å². The molecule has 1 saturated heterocycles. The molecule has 1 N–H and O–H groups in total. The smallest absolute Gasteiger partial charge is 0.305 e. The summed E-state index contributed by atoms with van der Waals surface area (Å²) < 4.78 is 21.7. The fourth-order valence-corrected chi connectivity index (χ4v) is 3.93. The fourth-order valence-electron chi connectivity index (χ4n) is 3.93. The molecule has 0 radical (unpaired) electrons. The molecule has 2 rings (SSSR count). The van der Waals surface area contributed by atoms with Crippen LogP contribution in [0, 0.1) is 11.8 Å². The zero-order chi connectivity index (χ0) is 20.4. The van der Waals surface area contributed by atoms with E-state index in [0.29, 0.717) is 25.9 Å². The maximum atomic E-state index is 11.3. The number of carbonyl (C=O) groups is 2. The van der Waals surface area contributed by atoms with Gasteiger partial charge in [-0.05, 0) is 44.4 Å². The van der Waals surface area contributed by atoms with E-state index < -0.39 is 6.10 Å². The molecule has 28 heavy (non-hydrogen) atoms. The first-order valence-corrected chi connectivity index (χ1v) is 10.3. The van der Waals surface area contributed by atoms with Gasteiger partial charge in [0.05, 0.1) is 25.9 Å². The summed E-state index contributed by atoms with van der Waals surface area (Å²) in [5, 5.41) is 10.6. The average Bonchev–Trinajstić information content (AvgIpc) is 2.97. The monoisotopic (exact) mass is 398 g/mol. The molecule has 7 heteroatoms. The topological polar surface area (TPSA) is 91.3 Å². The van der Waals surface area contributed by atoms with Gasteiger partial charge in [-0.3, -0.25) is 9.59 Å². The lowest BCUT2D eigenvalue weighted by Gasteiger charge is -2.30. The van der Waals surface area contributed by atoms with Crippen LogP contribution >= 0.6 is 0 Å². The average molecular weight is 398 g/mol. The third-order valence-corrected chi connectivity index (χ3v) is 5.49. The van der Waals surface area contributed by atoms with E-state index in [1.54, 1.807) is 0 Å². The maximum absolute atomic E-state index is 11.3. The Balaban J connectivity index is 1.87. The van der Waals surface area contributed by atoms with E-state index in [-0.39, 0.29) is 42.8 Å². The zero-order valence-electron chi connectivity index (χ0n) is 17.0. The molecule has 160 valence electrons. The second kappa shape index (κ2) is 12.2. The molecule has 1 heterocycles. The number of unbranched alkanes of at least 4 members (excludes halogenated alkanes) is 1. The number of carbonyl (C=O) groups excluding carboxylic acids is 2. The molecule has 0 aromatic carbocycles. The van der Waals surface area contributed by atoms with E-state index in [1.165, 1.54) is 14.0 Å². The van der Waals surface area contributed by atoms with Gasteiger partial charge in [0.1, 0.15) is 0 Å². The molecule has 2 aliphatic rings. The number of esters is 2. The number of rotatable bonds is 10. The molecule has 2 fully saturated rings. The first-order valence-electron chi connectivity index (χ1n) is 10.3. The molecule has 1 aliphatic carbocycles. The summed E-state index contributed by atoms with van der Waals surface area (Å²) >= 11 is 0. The molecule has 0 spiro atoms. The Kier molecular flexibility index (Phi) is 9.95. The van der Waals surface area contributed by atoms with Crippen molar-refractivity contribution in [2.75, 3.05) is 20.3 Å². The summed E-state index contributed by atoms with van der Waals surface area (Å²) in [6.07, 6.45) is 9.23. The van der Waals surface area contributed by atoms with Crippen LogP contribution in [-0.4, -0.2) is 55.9 Å². The number of hydrogen-bond acceptors (Lipinski definition) is 7. The van der Waals surface area contributed by atoms with Crippen LogP contribution in [0.3, 0.4) is 0 Å². The zero-order valence-corrected chi connectivity index (χ0v) is 17.0. The number of hydrogen-bond donors (Lipinski definition) is 1. The van der Waals surface area contributed by atoms with Crippen LogP contribution in [0.4, 0.5) is 0 Å². The third-order valence-electron chi connectivity index (χ3n) is 5.49. The van der Waals surface area contributed by atoms with Crippen molar-refractivity contribution in [1.29, 1.82) is 0 Å². The van der Waals surface area contributed by atoms with Gasteiger partial charge in [-0.1, -0.05) is 12.2 Å². The van der Waals surface area contributed by atoms with Gasteiger partial charge in [-0.15, -0.1) is 0 Å². The van der Waals surface area contributed by atoms with Gasteiger partial charge in [-0.2, -0.15) is 0 Å². The van der Waals surface area contributed by atoms with Crippen molar-refractivity contribution in [3.05, 3.63) is 12.2 Å². The van der Waals surface area contributed by atoms with Crippen LogP contribution in [0.25, 0.3) is 0 Å². The highest BCUT2D eigenvalue weighted by molar-refractivity contribution is 5.69. The minimum Gasteiger partial charge on any atom is -0.469 e. The van der Waals surface area contributed by atoms with Gasteiger partial charge in [0.25, 0.3) is 0 Å². The molecule has 0 aromatic heterocycles. The number of ether oxygens (including phenoxy) is 4. The number of aliphatic hydroxyl groups is 1. The van der Waals surface area contributed by atoms with Crippen LogP contribution < -0.4 is 0 Å². The first-order chi connectivity index (χ1) is 13.5. The number of allylic oxidation sites excluding steroid dienone is 2. The SMILES string of the molecule is COC(=O)CCC/C=C\C[C@H]1[C@H](COC(C)=O)[C@@H](OC2CCCCO2)C[C@H]1O. The van der Waals surface area contributed by atoms with Crippen molar-refractivity contribution >= 4 is 11.9 Å². The highest BCUT2D eigenvalue weighted by Gasteiger charge is 2.44. The van der Waals surface area contributed by atoms with E-state index in [1.807, 2.05) is 12.2 Å². The minimum absolute atomic E-state index is 0.0372. The molecule has 1 saturated carbocycles. The predicted molar refractivity (Wildman–Crippen MR) is 102 cm³/mol. The van der Waals surface area contributed by atoms with Crippen LogP contribution in [0.15, 0.2) is 12.2 Å². The quantitative estimate of drug-likeness (QED) is 0.344. The molecular weight excluding hydrogens is 364 g/mol. The van der Waals surface area contributed by atoms with Crippen LogP contribution in [0.2, 0.25) is 0 Å². The largest absolute Gasteiger partial charge is 0.469 e. The summed E-state index contributed by atoms with van der Waals surface area (Å²) in [5.74, 6) is -0.633. The van der Waals surface area contributed by atoms with Crippen LogP contribution in [0.1, 0.15) is 58.3 Å². The fraction of sp³-hybridized carbons (Fsp3) is 0.810. The lowest BCUT2D eigenvalue weighted by Crippen LogP contribution is -2.34. The molecule has 0 bridgehead atoms. The van der Waals surface area contributed by atoms with E-state index >= 15 is 0 Å². The van der Waals surface area contributed by atoms with Gasteiger partial charge >= 0.3 is 11.9 Å². The minimum atomic E-state index is -0.506. The van der Waals surface area contributed by atoms with Crippen LogP contribution in [-0.2, 0) is 28.5 Å². The lowest BCUT2D eigenvalue weighted by atomic mass is 9.91. The number of methoxy groups -OCH3 is 1. The van der Waals surface area contributed by atoms with Gasteiger partial charge in [0.15, 0.2) is 6.29 Å². The number of aliphatic hydroxyl groups excluding tert-OH is 1. The molecular formula is C21H34O7. The van der Waals surface area contributed by atoms with Gasteiger partial charge in [-0.25, -0.2) is 0 Å².